The first kappa shape index (κ1) is 14.9. The molecule has 1 aromatic heterocycles. The van der Waals surface area contributed by atoms with Crippen molar-refractivity contribution in [3.8, 4) is 0 Å². The van der Waals surface area contributed by atoms with E-state index in [1.807, 2.05) is 6.07 Å². The Bertz CT molecular complexity index is 549. The number of nitrogens with two attached hydrogens (primary N) is 1. The second kappa shape index (κ2) is 7.30. The van der Waals surface area contributed by atoms with Gasteiger partial charge in [-0.3, -0.25) is 0 Å². The highest BCUT2D eigenvalue weighted by atomic mass is 35.5. The minimum absolute atomic E-state index is 0.450. The van der Waals surface area contributed by atoms with E-state index in [-0.39, 0.29) is 0 Å². The molecule has 1 heterocycles. The van der Waals surface area contributed by atoms with Crippen molar-refractivity contribution in [2.24, 2.45) is 0 Å². The standard InChI is InChI=1S/C17H21ClN2/c1-2-3-4-13-5-7-14(8-6-13)9-10-15-11-12-16(18)20-17(15)19/h5-8,11-12H,2-4,9-10H2,1H3,(H2,19,20). The van der Waals surface area contributed by atoms with Crippen molar-refractivity contribution in [1.82, 2.24) is 4.98 Å². The SMILES string of the molecule is CCCCc1ccc(CCc2ccc(Cl)nc2N)cc1. The second-order valence-corrected chi connectivity index (χ2v) is 5.49. The Balaban J connectivity index is 1.93. The summed E-state index contributed by atoms with van der Waals surface area (Å²) in [7, 11) is 0. The van der Waals surface area contributed by atoms with Crippen molar-refractivity contribution >= 4 is 17.4 Å². The molecule has 0 saturated carbocycles. The Morgan fingerprint density at radius 2 is 1.60 bits per heavy atom. The van der Waals surface area contributed by atoms with Crippen LogP contribution in [0, 0.1) is 0 Å². The quantitative estimate of drug-likeness (QED) is 0.798. The van der Waals surface area contributed by atoms with Gasteiger partial charge in [0.05, 0.1) is 0 Å². The van der Waals surface area contributed by atoms with E-state index < -0.39 is 0 Å². The molecule has 0 fully saturated rings. The van der Waals surface area contributed by atoms with Gasteiger partial charge in [-0.2, -0.15) is 0 Å². The summed E-state index contributed by atoms with van der Waals surface area (Å²) in [6.45, 7) is 2.22. The van der Waals surface area contributed by atoms with Crippen LogP contribution in [-0.4, -0.2) is 4.98 Å². The van der Waals surface area contributed by atoms with Crippen LogP contribution >= 0.6 is 11.6 Å². The van der Waals surface area contributed by atoms with Gasteiger partial charge in [-0.25, -0.2) is 4.98 Å². The van der Waals surface area contributed by atoms with Gasteiger partial charge < -0.3 is 5.73 Å². The van der Waals surface area contributed by atoms with Gasteiger partial charge in [0.15, 0.2) is 0 Å². The lowest BCUT2D eigenvalue weighted by molar-refractivity contribution is 0.794. The Morgan fingerprint density at radius 1 is 0.950 bits per heavy atom. The number of rotatable bonds is 6. The smallest absolute Gasteiger partial charge is 0.131 e. The molecule has 3 heteroatoms. The van der Waals surface area contributed by atoms with Crippen LogP contribution in [0.15, 0.2) is 36.4 Å². The third-order valence-electron chi connectivity index (χ3n) is 3.50. The average Bonchev–Trinajstić information content (AvgIpc) is 2.45. The monoisotopic (exact) mass is 288 g/mol. The predicted molar refractivity (Wildman–Crippen MR) is 86.1 cm³/mol. The molecule has 0 amide bonds. The highest BCUT2D eigenvalue weighted by Gasteiger charge is 2.02. The van der Waals surface area contributed by atoms with Gasteiger partial charge in [-0.1, -0.05) is 55.3 Å². The van der Waals surface area contributed by atoms with Crippen molar-refractivity contribution < 1.29 is 0 Å². The Hall–Kier alpha value is -1.54. The van der Waals surface area contributed by atoms with E-state index in [4.69, 9.17) is 17.3 Å². The van der Waals surface area contributed by atoms with E-state index in [0.717, 1.165) is 18.4 Å². The maximum Gasteiger partial charge on any atom is 0.131 e. The van der Waals surface area contributed by atoms with Crippen molar-refractivity contribution in [1.29, 1.82) is 0 Å². The average molecular weight is 289 g/mol. The van der Waals surface area contributed by atoms with Gasteiger partial charge in [0.2, 0.25) is 0 Å². The summed E-state index contributed by atoms with van der Waals surface area (Å²) < 4.78 is 0. The number of nitrogen functional groups attached to an aromatic ring is 1. The fourth-order valence-corrected chi connectivity index (χ4v) is 2.38. The third kappa shape index (κ3) is 4.24. The van der Waals surface area contributed by atoms with Gasteiger partial charge in [-0.15, -0.1) is 0 Å². The summed E-state index contributed by atoms with van der Waals surface area (Å²) in [6.07, 6.45) is 5.54. The first-order chi connectivity index (χ1) is 9.69. The highest BCUT2D eigenvalue weighted by molar-refractivity contribution is 6.29. The number of aryl methyl sites for hydroxylation is 3. The van der Waals surface area contributed by atoms with Crippen LogP contribution in [0.5, 0.6) is 0 Å². The first-order valence-corrected chi connectivity index (χ1v) is 7.55. The molecule has 0 aliphatic rings. The van der Waals surface area contributed by atoms with E-state index in [2.05, 4.69) is 36.2 Å². The number of aromatic nitrogens is 1. The molecular weight excluding hydrogens is 268 g/mol. The van der Waals surface area contributed by atoms with E-state index >= 15 is 0 Å². The maximum absolute atomic E-state index is 5.87. The zero-order valence-corrected chi connectivity index (χ0v) is 12.7. The van der Waals surface area contributed by atoms with Gasteiger partial charge in [0, 0.05) is 0 Å². The number of benzene rings is 1. The van der Waals surface area contributed by atoms with Crippen LogP contribution in [-0.2, 0) is 19.3 Å². The summed E-state index contributed by atoms with van der Waals surface area (Å²) in [6, 6.07) is 12.6. The Kier molecular flexibility index (Phi) is 5.42. The fourth-order valence-electron chi connectivity index (χ4n) is 2.22. The number of halogens is 1. The lowest BCUT2D eigenvalue weighted by atomic mass is 10.0. The van der Waals surface area contributed by atoms with Crippen molar-refractivity contribution in [3.63, 3.8) is 0 Å². The molecule has 106 valence electrons. The van der Waals surface area contributed by atoms with Crippen molar-refractivity contribution in [2.45, 2.75) is 39.0 Å². The first-order valence-electron chi connectivity index (χ1n) is 7.17. The topological polar surface area (TPSA) is 38.9 Å². The highest BCUT2D eigenvalue weighted by Crippen LogP contribution is 2.16. The van der Waals surface area contributed by atoms with Crippen LogP contribution in [0.1, 0.15) is 36.5 Å². The molecule has 2 N–H and O–H groups in total. The Labute approximate surface area is 126 Å². The number of hydrogen-bond donors (Lipinski definition) is 1. The number of nitrogens with zero attached hydrogens (tertiary/aromatic N) is 1. The summed E-state index contributed by atoms with van der Waals surface area (Å²) >= 11 is 5.80. The van der Waals surface area contributed by atoms with Crippen molar-refractivity contribution in [3.05, 3.63) is 58.2 Å². The van der Waals surface area contributed by atoms with E-state index in [1.165, 1.54) is 30.4 Å². The van der Waals surface area contributed by atoms with E-state index in [1.54, 1.807) is 6.07 Å². The van der Waals surface area contributed by atoms with Crippen LogP contribution in [0.4, 0.5) is 5.82 Å². The van der Waals surface area contributed by atoms with Crippen LogP contribution in [0.3, 0.4) is 0 Å². The van der Waals surface area contributed by atoms with Gasteiger partial charge in [0.25, 0.3) is 0 Å². The van der Waals surface area contributed by atoms with Crippen LogP contribution in [0.2, 0.25) is 5.15 Å². The molecule has 2 nitrogen and oxygen atoms in total. The van der Waals surface area contributed by atoms with E-state index in [0.29, 0.717) is 11.0 Å². The molecular formula is C17H21ClN2. The zero-order valence-electron chi connectivity index (χ0n) is 11.9. The second-order valence-electron chi connectivity index (χ2n) is 5.10. The van der Waals surface area contributed by atoms with Gasteiger partial charge >= 0.3 is 0 Å². The Morgan fingerprint density at radius 3 is 2.20 bits per heavy atom. The predicted octanol–water partition coefficient (Wildman–Crippen LogP) is 4.45. The molecule has 0 unspecified atom stereocenters. The number of hydrogen-bond acceptors (Lipinski definition) is 2. The number of unbranched alkanes of at least 4 members (excludes halogenated alkanes) is 1. The summed E-state index contributed by atoms with van der Waals surface area (Å²) in [5, 5.41) is 0.450. The molecule has 0 atom stereocenters. The molecule has 0 saturated heterocycles. The molecule has 2 aromatic rings. The molecule has 0 radical (unpaired) electrons. The maximum atomic E-state index is 5.87. The molecule has 0 aliphatic heterocycles. The molecule has 0 bridgehead atoms. The van der Waals surface area contributed by atoms with Gasteiger partial charge in [0.1, 0.15) is 11.0 Å². The number of anilines is 1. The summed E-state index contributed by atoms with van der Waals surface area (Å²) in [5.74, 6) is 0.539. The molecule has 0 aliphatic carbocycles. The molecule has 2 rings (SSSR count). The zero-order chi connectivity index (χ0) is 14.4. The summed E-state index contributed by atoms with van der Waals surface area (Å²) in [5.41, 5.74) is 9.68. The lowest BCUT2D eigenvalue weighted by Crippen LogP contribution is -2.00. The molecule has 1 aromatic carbocycles. The minimum Gasteiger partial charge on any atom is -0.383 e. The summed E-state index contributed by atoms with van der Waals surface area (Å²) in [4.78, 5) is 4.08. The lowest BCUT2D eigenvalue weighted by Gasteiger charge is -2.06. The minimum atomic E-state index is 0.450. The van der Waals surface area contributed by atoms with E-state index in [9.17, 15) is 0 Å². The fraction of sp³-hybridized carbons (Fsp3) is 0.353. The third-order valence-corrected chi connectivity index (χ3v) is 3.71. The van der Waals surface area contributed by atoms with Crippen molar-refractivity contribution in [2.75, 3.05) is 5.73 Å². The number of pyridine rings is 1. The van der Waals surface area contributed by atoms with Crippen LogP contribution < -0.4 is 5.73 Å². The molecule has 0 spiro atoms. The normalized spacial score (nSPS) is 10.7. The van der Waals surface area contributed by atoms with Crippen LogP contribution in [0.25, 0.3) is 0 Å². The van der Waals surface area contributed by atoms with Gasteiger partial charge in [-0.05, 0) is 48.4 Å². The molecule has 20 heavy (non-hydrogen) atoms. The largest absolute Gasteiger partial charge is 0.383 e.